The van der Waals surface area contributed by atoms with Crippen LogP contribution in [0.15, 0.2) is 30.3 Å². The molecule has 0 spiro atoms. The first-order chi connectivity index (χ1) is 11.2. The first kappa shape index (κ1) is 17.9. The summed E-state index contributed by atoms with van der Waals surface area (Å²) in [6.07, 6.45) is 1.90. The Bertz CT molecular complexity index is 457. The lowest BCUT2D eigenvalue weighted by atomic mass is 9.96. The number of amides is 1. The Labute approximate surface area is 139 Å². The molecule has 1 amide bonds. The van der Waals surface area contributed by atoms with Crippen molar-refractivity contribution in [1.82, 2.24) is 15.1 Å². The Hall–Kier alpha value is -1.43. The molecule has 23 heavy (non-hydrogen) atoms. The molecule has 2 rings (SSSR count). The SMILES string of the molecule is CN(CCNC(=O)C1CCN(CCN)CC1)Cc1ccccc1. The Morgan fingerprint density at radius 2 is 2.00 bits per heavy atom. The number of rotatable bonds is 8. The van der Waals surface area contributed by atoms with Crippen molar-refractivity contribution in [2.24, 2.45) is 11.7 Å². The van der Waals surface area contributed by atoms with Gasteiger partial charge in [0.1, 0.15) is 0 Å². The lowest BCUT2D eigenvalue weighted by Crippen LogP contribution is -2.43. The molecule has 5 nitrogen and oxygen atoms in total. The van der Waals surface area contributed by atoms with E-state index in [-0.39, 0.29) is 11.8 Å². The summed E-state index contributed by atoms with van der Waals surface area (Å²) in [5.74, 6) is 0.383. The Balaban J connectivity index is 1.61. The van der Waals surface area contributed by atoms with Gasteiger partial charge in [-0.15, -0.1) is 0 Å². The van der Waals surface area contributed by atoms with Crippen LogP contribution in [0.2, 0.25) is 0 Å². The molecule has 1 aliphatic heterocycles. The third-order valence-electron chi connectivity index (χ3n) is 4.49. The molecule has 0 radical (unpaired) electrons. The van der Waals surface area contributed by atoms with Gasteiger partial charge < -0.3 is 20.9 Å². The summed E-state index contributed by atoms with van der Waals surface area (Å²) in [6, 6.07) is 10.4. The number of likely N-dealkylation sites (tertiary alicyclic amines) is 1. The number of hydrogen-bond acceptors (Lipinski definition) is 4. The molecule has 1 saturated heterocycles. The summed E-state index contributed by atoms with van der Waals surface area (Å²) < 4.78 is 0. The fourth-order valence-electron chi connectivity index (χ4n) is 3.09. The number of piperidine rings is 1. The largest absolute Gasteiger partial charge is 0.355 e. The number of hydrogen-bond donors (Lipinski definition) is 2. The second-order valence-electron chi connectivity index (χ2n) is 6.42. The average Bonchev–Trinajstić information content (AvgIpc) is 2.56. The van der Waals surface area contributed by atoms with Gasteiger partial charge in [-0.1, -0.05) is 30.3 Å². The van der Waals surface area contributed by atoms with E-state index in [2.05, 4.69) is 46.4 Å². The van der Waals surface area contributed by atoms with Crippen molar-refractivity contribution in [2.75, 3.05) is 46.3 Å². The minimum absolute atomic E-state index is 0.170. The summed E-state index contributed by atoms with van der Waals surface area (Å²) in [6.45, 7) is 6.11. The summed E-state index contributed by atoms with van der Waals surface area (Å²) in [4.78, 5) is 16.8. The van der Waals surface area contributed by atoms with Crippen LogP contribution in [0, 0.1) is 5.92 Å². The minimum Gasteiger partial charge on any atom is -0.355 e. The van der Waals surface area contributed by atoms with Gasteiger partial charge in [-0.25, -0.2) is 0 Å². The van der Waals surface area contributed by atoms with Crippen LogP contribution >= 0.6 is 0 Å². The second kappa shape index (κ2) is 9.65. The Morgan fingerprint density at radius 3 is 2.65 bits per heavy atom. The molecule has 1 aromatic carbocycles. The molecule has 1 fully saturated rings. The lowest BCUT2D eigenvalue weighted by molar-refractivity contribution is -0.126. The second-order valence-corrected chi connectivity index (χ2v) is 6.42. The van der Waals surface area contributed by atoms with Crippen molar-refractivity contribution >= 4 is 5.91 Å². The summed E-state index contributed by atoms with van der Waals surface area (Å²) in [7, 11) is 2.09. The summed E-state index contributed by atoms with van der Waals surface area (Å²) >= 11 is 0. The van der Waals surface area contributed by atoms with Gasteiger partial charge in [-0.05, 0) is 38.5 Å². The quantitative estimate of drug-likeness (QED) is 0.748. The Kier molecular flexibility index (Phi) is 7.52. The van der Waals surface area contributed by atoms with Gasteiger partial charge in [-0.2, -0.15) is 0 Å². The summed E-state index contributed by atoms with van der Waals surface area (Å²) in [5, 5.41) is 3.09. The van der Waals surface area contributed by atoms with E-state index in [9.17, 15) is 4.79 Å². The number of carbonyl (C=O) groups is 1. The number of nitrogens with zero attached hydrogens (tertiary/aromatic N) is 2. The van der Waals surface area contributed by atoms with Gasteiger partial charge >= 0.3 is 0 Å². The number of nitrogens with two attached hydrogens (primary N) is 1. The smallest absolute Gasteiger partial charge is 0.223 e. The normalized spacial score (nSPS) is 16.7. The van der Waals surface area contributed by atoms with E-state index in [4.69, 9.17) is 5.73 Å². The van der Waals surface area contributed by atoms with E-state index in [1.165, 1.54) is 5.56 Å². The maximum absolute atomic E-state index is 12.2. The van der Waals surface area contributed by atoms with Crippen LogP contribution in [0.1, 0.15) is 18.4 Å². The molecule has 0 bridgehead atoms. The predicted molar refractivity (Wildman–Crippen MR) is 94.0 cm³/mol. The highest BCUT2D eigenvalue weighted by atomic mass is 16.1. The fraction of sp³-hybridized carbons (Fsp3) is 0.611. The van der Waals surface area contributed by atoms with E-state index >= 15 is 0 Å². The van der Waals surface area contributed by atoms with E-state index in [0.29, 0.717) is 13.1 Å². The molecule has 0 saturated carbocycles. The number of nitrogens with one attached hydrogen (secondary N) is 1. The van der Waals surface area contributed by atoms with Crippen molar-refractivity contribution in [3.8, 4) is 0 Å². The van der Waals surface area contributed by atoms with E-state index in [0.717, 1.165) is 45.6 Å². The number of benzene rings is 1. The molecule has 1 aromatic rings. The van der Waals surface area contributed by atoms with Crippen LogP contribution in [0.25, 0.3) is 0 Å². The van der Waals surface area contributed by atoms with Crippen LogP contribution in [-0.4, -0.2) is 62.0 Å². The van der Waals surface area contributed by atoms with Crippen LogP contribution < -0.4 is 11.1 Å². The van der Waals surface area contributed by atoms with E-state index < -0.39 is 0 Å². The standard InChI is InChI=1S/C18H30N4O/c1-21(15-16-5-3-2-4-6-16)14-10-20-18(23)17-7-11-22(12-8-17)13-9-19/h2-6,17H,7-15,19H2,1H3,(H,20,23). The molecule has 0 aromatic heterocycles. The highest BCUT2D eigenvalue weighted by molar-refractivity contribution is 5.78. The maximum atomic E-state index is 12.2. The predicted octanol–water partition coefficient (Wildman–Crippen LogP) is 0.905. The zero-order chi connectivity index (χ0) is 16.5. The highest BCUT2D eigenvalue weighted by Gasteiger charge is 2.24. The Morgan fingerprint density at radius 1 is 1.30 bits per heavy atom. The molecule has 3 N–H and O–H groups in total. The zero-order valence-electron chi connectivity index (χ0n) is 14.2. The third-order valence-corrected chi connectivity index (χ3v) is 4.49. The van der Waals surface area contributed by atoms with Crippen molar-refractivity contribution < 1.29 is 4.79 Å². The lowest BCUT2D eigenvalue weighted by Gasteiger charge is -2.31. The monoisotopic (exact) mass is 318 g/mol. The molecule has 0 unspecified atom stereocenters. The molecule has 1 aliphatic rings. The van der Waals surface area contributed by atoms with Crippen LogP contribution in [0.3, 0.4) is 0 Å². The van der Waals surface area contributed by atoms with Gasteiger partial charge in [0.15, 0.2) is 0 Å². The molecule has 1 heterocycles. The molecular weight excluding hydrogens is 288 g/mol. The van der Waals surface area contributed by atoms with Crippen LogP contribution in [0.5, 0.6) is 0 Å². The zero-order valence-corrected chi connectivity index (χ0v) is 14.2. The minimum atomic E-state index is 0.170. The van der Waals surface area contributed by atoms with Crippen molar-refractivity contribution in [2.45, 2.75) is 19.4 Å². The van der Waals surface area contributed by atoms with Gasteiger partial charge in [0.25, 0.3) is 0 Å². The number of carbonyl (C=O) groups excluding carboxylic acids is 1. The molecule has 128 valence electrons. The average molecular weight is 318 g/mol. The van der Waals surface area contributed by atoms with Gasteiger partial charge in [0.05, 0.1) is 0 Å². The third kappa shape index (κ3) is 6.29. The van der Waals surface area contributed by atoms with Gasteiger partial charge in [0.2, 0.25) is 5.91 Å². The molecule has 0 atom stereocenters. The molecular formula is C18H30N4O. The maximum Gasteiger partial charge on any atom is 0.223 e. The first-order valence-corrected chi connectivity index (χ1v) is 8.61. The van der Waals surface area contributed by atoms with E-state index in [1.807, 2.05) is 6.07 Å². The highest BCUT2D eigenvalue weighted by Crippen LogP contribution is 2.16. The van der Waals surface area contributed by atoms with Crippen molar-refractivity contribution in [1.29, 1.82) is 0 Å². The van der Waals surface area contributed by atoms with Crippen molar-refractivity contribution in [3.05, 3.63) is 35.9 Å². The number of likely N-dealkylation sites (N-methyl/N-ethyl adjacent to an activating group) is 1. The van der Waals surface area contributed by atoms with Gasteiger partial charge in [-0.3, -0.25) is 4.79 Å². The fourth-order valence-corrected chi connectivity index (χ4v) is 3.09. The van der Waals surface area contributed by atoms with Crippen LogP contribution in [0.4, 0.5) is 0 Å². The van der Waals surface area contributed by atoms with Crippen molar-refractivity contribution in [3.63, 3.8) is 0 Å². The van der Waals surface area contributed by atoms with Gasteiger partial charge in [0, 0.05) is 38.6 Å². The van der Waals surface area contributed by atoms with Crippen LogP contribution in [-0.2, 0) is 11.3 Å². The molecule has 0 aliphatic carbocycles. The topological polar surface area (TPSA) is 61.6 Å². The molecule has 5 heteroatoms. The first-order valence-electron chi connectivity index (χ1n) is 8.61. The summed E-state index contributed by atoms with van der Waals surface area (Å²) in [5.41, 5.74) is 6.88. The van der Waals surface area contributed by atoms with E-state index in [1.54, 1.807) is 0 Å².